The summed E-state index contributed by atoms with van der Waals surface area (Å²) in [6, 6.07) is 8.36. The van der Waals surface area contributed by atoms with E-state index in [1.54, 1.807) is 0 Å². The molecule has 0 aromatic heterocycles. The molecular weight excluding hydrogens is 354 g/mol. The number of hydrogen-bond acceptors (Lipinski definition) is 4. The van der Waals surface area contributed by atoms with Crippen molar-refractivity contribution in [1.29, 1.82) is 0 Å². The number of aliphatic hydroxyl groups excluding tert-OH is 1. The lowest BCUT2D eigenvalue weighted by atomic mass is 9.63. The maximum atomic E-state index is 11.9. The van der Waals surface area contributed by atoms with E-state index in [0.29, 0.717) is 18.4 Å². The third-order valence-corrected chi connectivity index (χ3v) is 5.86. The molecule has 2 atom stereocenters. The largest absolute Gasteiger partial charge is 0.491 e. The molecule has 156 valence electrons. The minimum atomic E-state index is -0.449. The van der Waals surface area contributed by atoms with E-state index in [1.165, 1.54) is 37.7 Å². The summed E-state index contributed by atoms with van der Waals surface area (Å²) in [7, 11) is 0. The standard InChI is InChI=1S/C23H35NO4/c1-23(2,3)28-22(26)24-15-18-10-16-9-17(11-18)13-20(12-16)19-5-4-6-21(14-19)27-8-7-25/h4-6,14,16-18,20,25H,7-13,15H2,1-3H3,(H,24,26). The maximum absolute atomic E-state index is 11.9. The second-order valence-electron chi connectivity index (χ2n) is 9.50. The van der Waals surface area contributed by atoms with Crippen molar-refractivity contribution in [2.24, 2.45) is 17.8 Å². The minimum absolute atomic E-state index is 0.0382. The molecular formula is C23H35NO4. The lowest BCUT2D eigenvalue weighted by Gasteiger charge is -2.43. The smallest absolute Gasteiger partial charge is 0.407 e. The van der Waals surface area contributed by atoms with Crippen LogP contribution in [0.25, 0.3) is 0 Å². The molecule has 0 saturated heterocycles. The number of nitrogens with one attached hydrogen (secondary N) is 1. The van der Waals surface area contributed by atoms with Crippen LogP contribution in [-0.2, 0) is 4.74 Å². The number of benzene rings is 1. The van der Waals surface area contributed by atoms with Gasteiger partial charge in [-0.15, -0.1) is 0 Å². The number of rotatable bonds is 6. The highest BCUT2D eigenvalue weighted by atomic mass is 16.6. The van der Waals surface area contributed by atoms with E-state index in [4.69, 9.17) is 14.6 Å². The predicted octanol–water partition coefficient (Wildman–Crippen LogP) is 4.49. The first-order chi connectivity index (χ1) is 13.3. The topological polar surface area (TPSA) is 67.8 Å². The molecule has 0 aliphatic heterocycles. The van der Waals surface area contributed by atoms with Gasteiger partial charge >= 0.3 is 6.09 Å². The molecule has 5 nitrogen and oxygen atoms in total. The summed E-state index contributed by atoms with van der Waals surface area (Å²) in [5.41, 5.74) is 0.908. The minimum Gasteiger partial charge on any atom is -0.491 e. The molecule has 2 unspecified atom stereocenters. The number of carbonyl (C=O) groups excluding carboxylic acids is 1. The van der Waals surface area contributed by atoms with Crippen molar-refractivity contribution >= 4 is 6.09 Å². The van der Waals surface area contributed by atoms with Gasteiger partial charge in [-0.2, -0.15) is 0 Å². The van der Waals surface area contributed by atoms with Gasteiger partial charge in [-0.3, -0.25) is 0 Å². The zero-order chi connectivity index (χ0) is 20.1. The summed E-state index contributed by atoms with van der Waals surface area (Å²) >= 11 is 0. The van der Waals surface area contributed by atoms with Gasteiger partial charge in [0.25, 0.3) is 0 Å². The van der Waals surface area contributed by atoms with E-state index >= 15 is 0 Å². The average molecular weight is 390 g/mol. The van der Waals surface area contributed by atoms with E-state index < -0.39 is 5.60 Å². The third kappa shape index (κ3) is 6.13. The molecule has 3 rings (SSSR count). The maximum Gasteiger partial charge on any atom is 0.407 e. The van der Waals surface area contributed by atoms with Gasteiger partial charge in [0.1, 0.15) is 18.0 Å². The summed E-state index contributed by atoms with van der Waals surface area (Å²) in [5.74, 6) is 3.44. The van der Waals surface area contributed by atoms with Gasteiger partial charge in [0, 0.05) is 6.54 Å². The molecule has 28 heavy (non-hydrogen) atoms. The molecule has 1 aromatic carbocycles. The van der Waals surface area contributed by atoms with Gasteiger partial charge < -0.3 is 19.9 Å². The Kier molecular flexibility index (Phi) is 6.86. The Morgan fingerprint density at radius 2 is 1.86 bits per heavy atom. The zero-order valence-corrected chi connectivity index (χ0v) is 17.4. The first-order valence-electron chi connectivity index (χ1n) is 10.6. The Morgan fingerprint density at radius 3 is 2.50 bits per heavy atom. The van der Waals surface area contributed by atoms with Crippen LogP contribution in [0.2, 0.25) is 0 Å². The van der Waals surface area contributed by atoms with Crippen molar-refractivity contribution in [3.63, 3.8) is 0 Å². The first kappa shape index (κ1) is 21.0. The molecule has 2 bridgehead atoms. The second kappa shape index (κ2) is 9.17. The van der Waals surface area contributed by atoms with Crippen LogP contribution in [0.1, 0.15) is 64.4 Å². The summed E-state index contributed by atoms with van der Waals surface area (Å²) in [4.78, 5) is 11.9. The molecule has 2 saturated carbocycles. The van der Waals surface area contributed by atoms with E-state index in [-0.39, 0.29) is 12.7 Å². The molecule has 2 N–H and O–H groups in total. The monoisotopic (exact) mass is 389 g/mol. The van der Waals surface area contributed by atoms with Gasteiger partial charge in [-0.25, -0.2) is 4.79 Å². The van der Waals surface area contributed by atoms with Crippen molar-refractivity contribution < 1.29 is 19.4 Å². The predicted molar refractivity (Wildman–Crippen MR) is 110 cm³/mol. The fourth-order valence-corrected chi connectivity index (χ4v) is 4.99. The van der Waals surface area contributed by atoms with Gasteiger partial charge in [-0.05, 0) is 94.2 Å². The average Bonchev–Trinajstić information content (AvgIpc) is 2.63. The number of aliphatic hydroxyl groups is 1. The van der Waals surface area contributed by atoms with Crippen LogP contribution in [0.4, 0.5) is 4.79 Å². The molecule has 5 heteroatoms. The highest BCUT2D eigenvalue weighted by molar-refractivity contribution is 5.67. The van der Waals surface area contributed by atoms with Crippen LogP contribution in [0.3, 0.4) is 0 Å². The summed E-state index contributed by atoms with van der Waals surface area (Å²) < 4.78 is 10.9. The molecule has 0 radical (unpaired) electrons. The lowest BCUT2D eigenvalue weighted by Crippen LogP contribution is -2.39. The van der Waals surface area contributed by atoms with Crippen LogP contribution >= 0.6 is 0 Å². The van der Waals surface area contributed by atoms with Crippen molar-refractivity contribution in [1.82, 2.24) is 5.32 Å². The number of amides is 1. The van der Waals surface area contributed by atoms with Crippen LogP contribution in [0.5, 0.6) is 5.75 Å². The molecule has 0 heterocycles. The Morgan fingerprint density at radius 1 is 1.14 bits per heavy atom. The number of carbonyl (C=O) groups is 1. The molecule has 1 aromatic rings. The summed E-state index contributed by atoms with van der Waals surface area (Å²) in [5, 5.41) is 11.9. The van der Waals surface area contributed by atoms with Crippen LogP contribution < -0.4 is 10.1 Å². The van der Waals surface area contributed by atoms with Crippen molar-refractivity contribution in [2.45, 2.75) is 64.4 Å². The van der Waals surface area contributed by atoms with Crippen LogP contribution in [-0.4, -0.2) is 36.6 Å². The number of fused-ring (bicyclic) bond motifs is 2. The molecule has 2 aliphatic rings. The number of hydrogen-bond donors (Lipinski definition) is 2. The fraction of sp³-hybridized carbons (Fsp3) is 0.696. The van der Waals surface area contributed by atoms with E-state index in [1.807, 2.05) is 26.8 Å². The Bertz CT molecular complexity index is 640. The third-order valence-electron chi connectivity index (χ3n) is 5.86. The van der Waals surface area contributed by atoms with Crippen molar-refractivity contribution in [3.05, 3.63) is 29.8 Å². The Labute approximate surface area is 168 Å². The Balaban J connectivity index is 1.52. The van der Waals surface area contributed by atoms with Crippen LogP contribution in [0, 0.1) is 17.8 Å². The highest BCUT2D eigenvalue weighted by Crippen LogP contribution is 2.48. The molecule has 2 aliphatic carbocycles. The quantitative estimate of drug-likeness (QED) is 0.752. The van der Waals surface area contributed by atoms with Gasteiger partial charge in [0.15, 0.2) is 0 Å². The first-order valence-corrected chi connectivity index (χ1v) is 10.6. The number of alkyl carbamates (subject to hydrolysis) is 1. The van der Waals surface area contributed by atoms with E-state index in [2.05, 4.69) is 23.5 Å². The highest BCUT2D eigenvalue weighted by Gasteiger charge is 2.36. The molecule has 2 fully saturated rings. The second-order valence-corrected chi connectivity index (χ2v) is 9.50. The lowest BCUT2D eigenvalue weighted by molar-refractivity contribution is 0.0494. The van der Waals surface area contributed by atoms with E-state index in [0.717, 1.165) is 24.1 Å². The zero-order valence-electron chi connectivity index (χ0n) is 17.4. The normalized spacial score (nSPS) is 27.1. The number of ether oxygens (including phenoxy) is 2. The van der Waals surface area contributed by atoms with Gasteiger partial charge in [-0.1, -0.05) is 12.1 Å². The van der Waals surface area contributed by atoms with Crippen LogP contribution in [0.15, 0.2) is 24.3 Å². The van der Waals surface area contributed by atoms with E-state index in [9.17, 15) is 4.79 Å². The Hall–Kier alpha value is -1.75. The summed E-state index contributed by atoms with van der Waals surface area (Å²) in [6.45, 7) is 6.77. The fourth-order valence-electron chi connectivity index (χ4n) is 4.99. The molecule has 0 spiro atoms. The van der Waals surface area contributed by atoms with Crippen molar-refractivity contribution in [2.75, 3.05) is 19.8 Å². The van der Waals surface area contributed by atoms with Gasteiger partial charge in [0.05, 0.1) is 6.61 Å². The SMILES string of the molecule is CC(C)(C)OC(=O)NCC1CC2CC(C1)CC(c1cccc(OCCO)c1)C2. The summed E-state index contributed by atoms with van der Waals surface area (Å²) in [6.07, 6.45) is 5.81. The molecule has 1 amide bonds. The van der Waals surface area contributed by atoms with Gasteiger partial charge in [0.2, 0.25) is 0 Å². The van der Waals surface area contributed by atoms with Crippen molar-refractivity contribution in [3.8, 4) is 5.75 Å².